The van der Waals surface area contributed by atoms with Crippen molar-refractivity contribution in [1.82, 2.24) is 0 Å². The molecule has 7 nitrogen and oxygen atoms in total. The topological polar surface area (TPSA) is 83.1 Å². The average molecular weight is 399 g/mol. The second-order valence-electron chi connectivity index (χ2n) is 6.62. The van der Waals surface area contributed by atoms with Gasteiger partial charge in [0.15, 0.2) is 17.6 Å². The minimum absolute atomic E-state index is 0.354. The molecule has 154 valence electrons. The maximum Gasteiger partial charge on any atom is 0.338 e. The van der Waals surface area contributed by atoms with E-state index in [-0.39, 0.29) is 0 Å². The lowest BCUT2D eigenvalue weighted by Crippen LogP contribution is -2.30. The molecule has 1 aliphatic heterocycles. The zero-order valence-electron chi connectivity index (χ0n) is 16.6. The number of nitrogens with one attached hydrogen (secondary N) is 1. The summed E-state index contributed by atoms with van der Waals surface area (Å²) in [5, 5.41) is 2.71. The number of unbranched alkanes of at least 4 members (excludes halogenated alkanes) is 1. The van der Waals surface area contributed by atoms with Crippen molar-refractivity contribution in [2.24, 2.45) is 0 Å². The second-order valence-corrected chi connectivity index (χ2v) is 6.62. The van der Waals surface area contributed by atoms with E-state index in [4.69, 9.17) is 18.9 Å². The van der Waals surface area contributed by atoms with Crippen LogP contribution < -0.4 is 19.5 Å². The number of esters is 1. The third kappa shape index (κ3) is 5.63. The van der Waals surface area contributed by atoms with Crippen LogP contribution in [0.25, 0.3) is 0 Å². The molecule has 0 saturated heterocycles. The Morgan fingerprint density at radius 1 is 1.07 bits per heavy atom. The number of anilines is 1. The number of rotatable bonds is 8. The van der Waals surface area contributed by atoms with Crippen LogP contribution in [-0.2, 0) is 9.53 Å². The standard InChI is InChI=1S/C22H25NO6/c1-3-4-11-26-18-8-5-16(6-9-18)22(25)29-15(2)21(24)23-17-7-10-19-20(14-17)28-13-12-27-19/h5-10,14-15H,3-4,11-13H2,1-2H3,(H,23,24)/t15-/m1/s1. The Bertz CT molecular complexity index is 849. The maximum atomic E-state index is 12.4. The summed E-state index contributed by atoms with van der Waals surface area (Å²) in [6, 6.07) is 11.8. The van der Waals surface area contributed by atoms with Gasteiger partial charge in [0.2, 0.25) is 0 Å². The van der Waals surface area contributed by atoms with Gasteiger partial charge in [0.1, 0.15) is 19.0 Å². The highest BCUT2D eigenvalue weighted by Crippen LogP contribution is 2.32. The summed E-state index contributed by atoms with van der Waals surface area (Å²) in [5.74, 6) is 0.889. The van der Waals surface area contributed by atoms with E-state index < -0.39 is 18.0 Å². The highest BCUT2D eigenvalue weighted by atomic mass is 16.6. The van der Waals surface area contributed by atoms with Crippen molar-refractivity contribution in [2.75, 3.05) is 25.1 Å². The third-order valence-electron chi connectivity index (χ3n) is 4.32. The SMILES string of the molecule is CCCCOc1ccc(C(=O)O[C@H](C)C(=O)Nc2ccc3c(c2)OCCO3)cc1. The molecule has 0 saturated carbocycles. The fourth-order valence-electron chi connectivity index (χ4n) is 2.67. The summed E-state index contributed by atoms with van der Waals surface area (Å²) in [4.78, 5) is 24.7. The normalized spacial score (nSPS) is 13.3. The highest BCUT2D eigenvalue weighted by Gasteiger charge is 2.20. The van der Waals surface area contributed by atoms with E-state index in [1.165, 1.54) is 6.92 Å². The van der Waals surface area contributed by atoms with Gasteiger partial charge in [-0.25, -0.2) is 4.79 Å². The molecule has 0 bridgehead atoms. The van der Waals surface area contributed by atoms with Crippen molar-refractivity contribution >= 4 is 17.6 Å². The molecule has 0 unspecified atom stereocenters. The fraction of sp³-hybridized carbons (Fsp3) is 0.364. The van der Waals surface area contributed by atoms with Crippen molar-refractivity contribution in [1.29, 1.82) is 0 Å². The van der Waals surface area contributed by atoms with Gasteiger partial charge < -0.3 is 24.3 Å². The molecule has 1 amide bonds. The Labute approximate surface area is 169 Å². The van der Waals surface area contributed by atoms with Crippen LogP contribution in [0, 0.1) is 0 Å². The summed E-state index contributed by atoms with van der Waals surface area (Å²) in [7, 11) is 0. The van der Waals surface area contributed by atoms with Crippen molar-refractivity contribution in [3.05, 3.63) is 48.0 Å². The van der Waals surface area contributed by atoms with Gasteiger partial charge in [-0.2, -0.15) is 0 Å². The smallest absolute Gasteiger partial charge is 0.338 e. The van der Waals surface area contributed by atoms with Gasteiger partial charge in [-0.1, -0.05) is 13.3 Å². The largest absolute Gasteiger partial charge is 0.494 e. The lowest BCUT2D eigenvalue weighted by atomic mass is 10.2. The zero-order chi connectivity index (χ0) is 20.6. The van der Waals surface area contributed by atoms with Crippen LogP contribution in [0.4, 0.5) is 5.69 Å². The number of benzene rings is 2. The number of ether oxygens (including phenoxy) is 4. The molecule has 1 atom stereocenters. The lowest BCUT2D eigenvalue weighted by Gasteiger charge is -2.19. The molecule has 1 N–H and O–H groups in total. The molecule has 0 fully saturated rings. The first-order valence-corrected chi connectivity index (χ1v) is 9.71. The Hall–Kier alpha value is -3.22. The molecular formula is C22H25NO6. The van der Waals surface area contributed by atoms with Crippen molar-refractivity contribution in [3.8, 4) is 17.2 Å². The molecule has 0 radical (unpaired) electrons. The first-order chi connectivity index (χ1) is 14.1. The molecule has 0 spiro atoms. The van der Waals surface area contributed by atoms with Gasteiger partial charge in [0, 0.05) is 11.8 Å². The summed E-state index contributed by atoms with van der Waals surface area (Å²) in [6.07, 6.45) is 1.06. The number of hydrogen-bond acceptors (Lipinski definition) is 6. The average Bonchev–Trinajstić information content (AvgIpc) is 2.74. The van der Waals surface area contributed by atoms with Crippen LogP contribution in [0.5, 0.6) is 17.2 Å². The van der Waals surface area contributed by atoms with Crippen LogP contribution in [0.1, 0.15) is 37.0 Å². The molecule has 29 heavy (non-hydrogen) atoms. The molecule has 7 heteroatoms. The maximum absolute atomic E-state index is 12.4. The minimum Gasteiger partial charge on any atom is -0.494 e. The number of hydrogen-bond donors (Lipinski definition) is 1. The van der Waals surface area contributed by atoms with Gasteiger partial charge in [-0.15, -0.1) is 0 Å². The van der Waals surface area contributed by atoms with Gasteiger partial charge in [-0.05, 0) is 49.7 Å². The van der Waals surface area contributed by atoms with E-state index in [1.54, 1.807) is 42.5 Å². The van der Waals surface area contributed by atoms with E-state index in [0.717, 1.165) is 12.8 Å². The van der Waals surface area contributed by atoms with Crippen molar-refractivity contribution < 1.29 is 28.5 Å². The van der Waals surface area contributed by atoms with Crippen LogP contribution in [0.2, 0.25) is 0 Å². The number of carbonyl (C=O) groups excluding carboxylic acids is 2. The zero-order valence-corrected chi connectivity index (χ0v) is 16.6. The Balaban J connectivity index is 1.53. The first-order valence-electron chi connectivity index (χ1n) is 9.71. The summed E-state index contributed by atoms with van der Waals surface area (Å²) < 4.78 is 21.8. The summed E-state index contributed by atoms with van der Waals surface area (Å²) in [6.45, 7) is 5.21. The van der Waals surface area contributed by atoms with Gasteiger partial charge in [-0.3, -0.25) is 4.79 Å². The van der Waals surface area contributed by atoms with Crippen molar-refractivity contribution in [3.63, 3.8) is 0 Å². The van der Waals surface area contributed by atoms with Gasteiger partial charge in [0.25, 0.3) is 5.91 Å². The predicted octanol–water partition coefficient (Wildman–Crippen LogP) is 3.82. The van der Waals surface area contributed by atoms with Gasteiger partial charge in [0.05, 0.1) is 12.2 Å². The van der Waals surface area contributed by atoms with E-state index in [9.17, 15) is 9.59 Å². The van der Waals surface area contributed by atoms with Crippen LogP contribution in [0.15, 0.2) is 42.5 Å². The van der Waals surface area contributed by atoms with E-state index in [1.807, 2.05) is 0 Å². The van der Waals surface area contributed by atoms with Crippen LogP contribution >= 0.6 is 0 Å². The van der Waals surface area contributed by atoms with Crippen LogP contribution in [-0.4, -0.2) is 37.8 Å². The lowest BCUT2D eigenvalue weighted by molar-refractivity contribution is -0.123. The monoisotopic (exact) mass is 399 g/mol. The quantitative estimate of drug-likeness (QED) is 0.537. The van der Waals surface area contributed by atoms with Crippen LogP contribution in [0.3, 0.4) is 0 Å². The fourth-order valence-corrected chi connectivity index (χ4v) is 2.67. The summed E-state index contributed by atoms with van der Waals surface area (Å²) >= 11 is 0. The highest BCUT2D eigenvalue weighted by molar-refractivity contribution is 5.97. The molecule has 0 aromatic heterocycles. The van der Waals surface area contributed by atoms with E-state index >= 15 is 0 Å². The van der Waals surface area contributed by atoms with Gasteiger partial charge >= 0.3 is 5.97 Å². The molecule has 3 rings (SSSR count). The Kier molecular flexibility index (Phi) is 6.94. The van der Waals surface area contributed by atoms with Crippen molar-refractivity contribution in [2.45, 2.75) is 32.8 Å². The summed E-state index contributed by atoms with van der Waals surface area (Å²) in [5.41, 5.74) is 0.891. The second kappa shape index (κ2) is 9.82. The molecular weight excluding hydrogens is 374 g/mol. The van der Waals surface area contributed by atoms with E-state index in [2.05, 4.69) is 12.2 Å². The number of carbonyl (C=O) groups is 2. The Morgan fingerprint density at radius 3 is 2.52 bits per heavy atom. The minimum atomic E-state index is -0.962. The Morgan fingerprint density at radius 2 is 1.79 bits per heavy atom. The third-order valence-corrected chi connectivity index (χ3v) is 4.32. The molecule has 2 aromatic carbocycles. The molecule has 0 aliphatic carbocycles. The number of amides is 1. The molecule has 1 aliphatic rings. The molecule has 2 aromatic rings. The first kappa shape index (κ1) is 20.5. The molecule has 1 heterocycles. The number of fused-ring (bicyclic) bond motifs is 1. The predicted molar refractivity (Wildman–Crippen MR) is 108 cm³/mol. The van der Waals surface area contributed by atoms with E-state index in [0.29, 0.717) is 48.3 Å².